The van der Waals surface area contributed by atoms with Crippen LogP contribution in [0.2, 0.25) is 0 Å². The SMILES string of the molecule is CC(NC(=O)c1ccc(NC(=O)C2CC2)cc1)c1ccc(F)cc1F. The monoisotopic (exact) mass is 344 g/mol. The molecule has 1 fully saturated rings. The van der Waals surface area contributed by atoms with Crippen LogP contribution in [0.5, 0.6) is 0 Å². The van der Waals surface area contributed by atoms with Gasteiger partial charge in [-0.15, -0.1) is 0 Å². The molecule has 1 unspecified atom stereocenters. The maximum atomic E-state index is 13.8. The van der Waals surface area contributed by atoms with E-state index in [9.17, 15) is 18.4 Å². The largest absolute Gasteiger partial charge is 0.345 e. The number of hydrogen-bond donors (Lipinski definition) is 2. The quantitative estimate of drug-likeness (QED) is 0.867. The second-order valence-electron chi connectivity index (χ2n) is 6.20. The first-order valence-electron chi connectivity index (χ1n) is 8.11. The van der Waals surface area contributed by atoms with Gasteiger partial charge in [0.15, 0.2) is 0 Å². The van der Waals surface area contributed by atoms with Gasteiger partial charge in [-0.05, 0) is 50.1 Å². The van der Waals surface area contributed by atoms with E-state index in [0.29, 0.717) is 11.3 Å². The fourth-order valence-electron chi connectivity index (χ4n) is 2.51. The lowest BCUT2D eigenvalue weighted by Crippen LogP contribution is -2.27. The molecule has 0 heterocycles. The first-order valence-corrected chi connectivity index (χ1v) is 8.11. The summed E-state index contributed by atoms with van der Waals surface area (Å²) in [7, 11) is 0. The Hall–Kier alpha value is -2.76. The van der Waals surface area contributed by atoms with Crippen LogP contribution < -0.4 is 10.6 Å². The molecule has 130 valence electrons. The first kappa shape index (κ1) is 17.1. The Kier molecular flexibility index (Phi) is 4.79. The summed E-state index contributed by atoms with van der Waals surface area (Å²) in [6, 6.07) is 9.12. The predicted octanol–water partition coefficient (Wildman–Crippen LogP) is 3.80. The van der Waals surface area contributed by atoms with Crippen molar-refractivity contribution in [1.82, 2.24) is 5.32 Å². The second-order valence-corrected chi connectivity index (χ2v) is 6.20. The molecular formula is C19H18F2N2O2. The number of nitrogens with one attached hydrogen (secondary N) is 2. The average molecular weight is 344 g/mol. The van der Waals surface area contributed by atoms with Gasteiger partial charge in [0.25, 0.3) is 5.91 Å². The van der Waals surface area contributed by atoms with Crippen LogP contribution in [0.1, 0.15) is 41.7 Å². The molecule has 0 aromatic heterocycles. The van der Waals surface area contributed by atoms with Crippen LogP contribution in [-0.2, 0) is 4.79 Å². The normalized spacial score (nSPS) is 14.7. The topological polar surface area (TPSA) is 58.2 Å². The number of anilines is 1. The van der Waals surface area contributed by atoms with Crippen LogP contribution in [0.15, 0.2) is 42.5 Å². The van der Waals surface area contributed by atoms with Crippen molar-refractivity contribution in [2.24, 2.45) is 5.92 Å². The Morgan fingerprint density at radius 3 is 2.36 bits per heavy atom. The number of carbonyl (C=O) groups excluding carboxylic acids is 2. The summed E-state index contributed by atoms with van der Waals surface area (Å²) in [6.07, 6.45) is 1.84. The summed E-state index contributed by atoms with van der Waals surface area (Å²) in [5, 5.41) is 5.47. The molecule has 1 atom stereocenters. The van der Waals surface area contributed by atoms with Gasteiger partial charge in [0, 0.05) is 28.8 Å². The lowest BCUT2D eigenvalue weighted by molar-refractivity contribution is -0.117. The van der Waals surface area contributed by atoms with Gasteiger partial charge in [-0.25, -0.2) is 8.78 Å². The molecule has 2 aromatic carbocycles. The number of hydrogen-bond acceptors (Lipinski definition) is 2. The lowest BCUT2D eigenvalue weighted by atomic mass is 10.1. The minimum Gasteiger partial charge on any atom is -0.345 e. The lowest BCUT2D eigenvalue weighted by Gasteiger charge is -2.15. The van der Waals surface area contributed by atoms with Crippen LogP contribution in [0, 0.1) is 17.6 Å². The zero-order chi connectivity index (χ0) is 18.0. The van der Waals surface area contributed by atoms with E-state index in [0.717, 1.165) is 25.0 Å². The molecule has 0 spiro atoms. The summed E-state index contributed by atoms with van der Waals surface area (Å²) in [5.41, 5.74) is 1.23. The standard InChI is InChI=1S/C19H18F2N2O2/c1-11(16-9-6-14(20)10-17(16)21)22-18(24)13-4-7-15(8-5-13)23-19(25)12-2-3-12/h4-12H,2-3H2,1H3,(H,22,24)(H,23,25). The summed E-state index contributed by atoms with van der Waals surface area (Å²) >= 11 is 0. The zero-order valence-electron chi connectivity index (χ0n) is 13.7. The Balaban J connectivity index is 1.63. The number of amides is 2. The van der Waals surface area contributed by atoms with E-state index >= 15 is 0 Å². The van der Waals surface area contributed by atoms with Gasteiger partial charge in [0.1, 0.15) is 11.6 Å². The molecule has 1 aliphatic rings. The van der Waals surface area contributed by atoms with Crippen molar-refractivity contribution in [3.63, 3.8) is 0 Å². The minimum atomic E-state index is -0.703. The van der Waals surface area contributed by atoms with Gasteiger partial charge < -0.3 is 10.6 Å². The molecule has 1 saturated carbocycles. The van der Waals surface area contributed by atoms with Gasteiger partial charge >= 0.3 is 0 Å². The maximum Gasteiger partial charge on any atom is 0.251 e. The van der Waals surface area contributed by atoms with Crippen LogP contribution in [0.4, 0.5) is 14.5 Å². The molecule has 0 aliphatic heterocycles. The number of carbonyl (C=O) groups is 2. The highest BCUT2D eigenvalue weighted by atomic mass is 19.1. The van der Waals surface area contributed by atoms with Crippen molar-refractivity contribution in [2.45, 2.75) is 25.8 Å². The van der Waals surface area contributed by atoms with Gasteiger partial charge in [-0.2, -0.15) is 0 Å². The van der Waals surface area contributed by atoms with Crippen LogP contribution in [0.3, 0.4) is 0 Å². The molecule has 2 aromatic rings. The van der Waals surface area contributed by atoms with Gasteiger partial charge in [-0.3, -0.25) is 9.59 Å². The maximum absolute atomic E-state index is 13.8. The van der Waals surface area contributed by atoms with E-state index < -0.39 is 17.7 Å². The molecule has 2 amide bonds. The van der Waals surface area contributed by atoms with Crippen molar-refractivity contribution >= 4 is 17.5 Å². The van der Waals surface area contributed by atoms with Crippen molar-refractivity contribution in [3.05, 3.63) is 65.2 Å². The molecule has 0 saturated heterocycles. The Morgan fingerprint density at radius 1 is 1.08 bits per heavy atom. The number of rotatable bonds is 5. The molecule has 25 heavy (non-hydrogen) atoms. The number of benzene rings is 2. The second kappa shape index (κ2) is 7.01. The van der Waals surface area contributed by atoms with E-state index in [4.69, 9.17) is 0 Å². The highest BCUT2D eigenvalue weighted by molar-refractivity contribution is 5.96. The molecule has 3 rings (SSSR count). The van der Waals surface area contributed by atoms with Crippen molar-refractivity contribution in [1.29, 1.82) is 0 Å². The Bertz CT molecular complexity index is 802. The van der Waals surface area contributed by atoms with E-state index in [-0.39, 0.29) is 23.3 Å². The molecule has 6 heteroatoms. The third kappa shape index (κ3) is 4.21. The zero-order valence-corrected chi connectivity index (χ0v) is 13.7. The molecule has 0 bridgehead atoms. The molecular weight excluding hydrogens is 326 g/mol. The van der Waals surface area contributed by atoms with Crippen molar-refractivity contribution in [3.8, 4) is 0 Å². The third-order valence-electron chi connectivity index (χ3n) is 4.14. The molecule has 1 aliphatic carbocycles. The Labute approximate surface area is 144 Å². The molecule has 0 radical (unpaired) electrons. The van der Waals surface area contributed by atoms with E-state index in [1.165, 1.54) is 6.07 Å². The predicted molar refractivity (Wildman–Crippen MR) is 90.0 cm³/mol. The van der Waals surface area contributed by atoms with E-state index in [1.807, 2.05) is 0 Å². The van der Waals surface area contributed by atoms with E-state index in [1.54, 1.807) is 31.2 Å². The van der Waals surface area contributed by atoms with Crippen LogP contribution in [0.25, 0.3) is 0 Å². The van der Waals surface area contributed by atoms with Gasteiger partial charge in [0.2, 0.25) is 5.91 Å². The highest BCUT2D eigenvalue weighted by Crippen LogP contribution is 2.30. The minimum absolute atomic E-state index is 0.00221. The van der Waals surface area contributed by atoms with Crippen molar-refractivity contribution in [2.75, 3.05) is 5.32 Å². The third-order valence-corrected chi connectivity index (χ3v) is 4.14. The fraction of sp³-hybridized carbons (Fsp3) is 0.263. The van der Waals surface area contributed by atoms with E-state index in [2.05, 4.69) is 10.6 Å². The number of halogens is 2. The summed E-state index contributed by atoms with van der Waals surface area (Å²) in [6.45, 7) is 1.62. The van der Waals surface area contributed by atoms with Crippen LogP contribution in [-0.4, -0.2) is 11.8 Å². The average Bonchev–Trinajstić information content (AvgIpc) is 3.40. The van der Waals surface area contributed by atoms with Gasteiger partial charge in [0.05, 0.1) is 6.04 Å². The molecule has 2 N–H and O–H groups in total. The highest BCUT2D eigenvalue weighted by Gasteiger charge is 2.29. The summed E-state index contributed by atoms with van der Waals surface area (Å²) < 4.78 is 26.7. The van der Waals surface area contributed by atoms with Crippen LogP contribution >= 0.6 is 0 Å². The summed E-state index contributed by atoms with van der Waals surface area (Å²) in [4.78, 5) is 24.0. The fourth-order valence-corrected chi connectivity index (χ4v) is 2.51. The van der Waals surface area contributed by atoms with Crippen molar-refractivity contribution < 1.29 is 18.4 Å². The summed E-state index contributed by atoms with van der Waals surface area (Å²) in [5.74, 6) is -1.64. The first-order chi connectivity index (χ1) is 11.9. The Morgan fingerprint density at radius 2 is 1.76 bits per heavy atom. The molecule has 4 nitrogen and oxygen atoms in total. The smallest absolute Gasteiger partial charge is 0.251 e. The van der Waals surface area contributed by atoms with Gasteiger partial charge in [-0.1, -0.05) is 6.07 Å².